The molecular formula is C21H20N6O8S3. The van der Waals surface area contributed by atoms with Gasteiger partial charge >= 0.3 is 16.1 Å². The number of hydrogen-bond donors (Lipinski definition) is 3. The second-order valence-corrected chi connectivity index (χ2v) is 11.2. The van der Waals surface area contributed by atoms with Crippen molar-refractivity contribution >= 4 is 62.0 Å². The molecule has 2 aliphatic rings. The summed E-state index contributed by atoms with van der Waals surface area (Å²) in [6.45, 7) is 1.80. The summed E-state index contributed by atoms with van der Waals surface area (Å²) in [4.78, 5) is 47.2. The molecule has 38 heavy (non-hydrogen) atoms. The molecule has 0 spiro atoms. The summed E-state index contributed by atoms with van der Waals surface area (Å²) >= 11 is 2.01. The van der Waals surface area contributed by atoms with Crippen molar-refractivity contribution in [2.45, 2.75) is 23.2 Å². The minimum atomic E-state index is -4.12. The zero-order chi connectivity index (χ0) is 27.6. The summed E-state index contributed by atoms with van der Waals surface area (Å²) < 4.78 is 33.6. The Labute approximate surface area is 224 Å². The van der Waals surface area contributed by atoms with Crippen molar-refractivity contribution in [1.82, 2.24) is 19.6 Å². The minimum Gasteiger partial charge on any atom is -0.477 e. The van der Waals surface area contributed by atoms with E-state index in [2.05, 4.69) is 24.7 Å². The van der Waals surface area contributed by atoms with Gasteiger partial charge in [-0.1, -0.05) is 22.9 Å². The van der Waals surface area contributed by atoms with Crippen molar-refractivity contribution < 1.29 is 36.9 Å². The quantitative estimate of drug-likeness (QED) is 0.122. The van der Waals surface area contributed by atoms with Gasteiger partial charge in [-0.15, -0.1) is 11.8 Å². The number of hydrogen-bond acceptors (Lipinski definition) is 13. The molecule has 17 heteroatoms. The fourth-order valence-corrected chi connectivity index (χ4v) is 6.07. The number of carboxylic acid groups (broad SMARTS) is 1. The van der Waals surface area contributed by atoms with E-state index >= 15 is 0 Å². The monoisotopic (exact) mass is 580 g/mol. The van der Waals surface area contributed by atoms with E-state index in [0.717, 1.165) is 28.3 Å². The molecule has 200 valence electrons. The molecule has 4 rings (SSSR count). The van der Waals surface area contributed by atoms with Crippen LogP contribution >= 0.6 is 23.3 Å². The van der Waals surface area contributed by atoms with Crippen LogP contribution in [-0.2, 0) is 33.5 Å². The number of nitrogens with zero attached hydrogens (tertiary/aromatic N) is 4. The van der Waals surface area contributed by atoms with Crippen LogP contribution in [-0.4, -0.2) is 75.6 Å². The smallest absolute Gasteiger partial charge is 0.352 e. The maximum absolute atomic E-state index is 12.9. The van der Waals surface area contributed by atoms with Crippen LogP contribution in [0.5, 0.6) is 0 Å². The van der Waals surface area contributed by atoms with Crippen LogP contribution in [0.3, 0.4) is 0 Å². The fourth-order valence-electron chi connectivity index (χ4n) is 3.53. The van der Waals surface area contributed by atoms with Crippen molar-refractivity contribution in [1.29, 1.82) is 0 Å². The Morgan fingerprint density at radius 1 is 1.32 bits per heavy atom. The molecule has 0 saturated carbocycles. The third-order valence-electron chi connectivity index (χ3n) is 5.30. The third kappa shape index (κ3) is 5.34. The molecule has 1 saturated heterocycles. The number of rotatable bonds is 9. The van der Waals surface area contributed by atoms with Crippen LogP contribution in [0.2, 0.25) is 0 Å². The number of aromatic nitrogens is 2. The third-order valence-corrected chi connectivity index (χ3v) is 8.36. The number of nitrogen functional groups attached to an aromatic ring is 1. The predicted molar refractivity (Wildman–Crippen MR) is 136 cm³/mol. The number of nitrogens with one attached hydrogen (secondary N) is 1. The van der Waals surface area contributed by atoms with Crippen LogP contribution < -0.4 is 11.1 Å². The molecule has 1 fully saturated rings. The van der Waals surface area contributed by atoms with Crippen LogP contribution in [0, 0.1) is 6.92 Å². The van der Waals surface area contributed by atoms with Gasteiger partial charge in [-0.3, -0.25) is 14.5 Å². The number of fused-ring (bicyclic) bond motifs is 1. The first kappa shape index (κ1) is 27.1. The average molecular weight is 581 g/mol. The molecule has 1 aromatic heterocycles. The van der Waals surface area contributed by atoms with Gasteiger partial charge in [-0.2, -0.15) is 17.8 Å². The van der Waals surface area contributed by atoms with Crippen LogP contribution in [0.1, 0.15) is 11.4 Å². The van der Waals surface area contributed by atoms with Gasteiger partial charge in [0, 0.05) is 17.3 Å². The normalized spacial score (nSPS) is 19.7. The Hall–Kier alpha value is -3.96. The molecule has 4 N–H and O–H groups in total. The molecule has 2 atom stereocenters. The lowest BCUT2D eigenvalue weighted by molar-refractivity contribution is -0.150. The molecule has 2 aliphatic heterocycles. The Bertz CT molecular complexity index is 1480. The van der Waals surface area contributed by atoms with Crippen LogP contribution in [0.25, 0.3) is 0 Å². The Morgan fingerprint density at radius 2 is 2.03 bits per heavy atom. The second kappa shape index (κ2) is 10.8. The first-order valence-corrected chi connectivity index (χ1v) is 13.9. The molecular weight excluding hydrogens is 560 g/mol. The molecule has 3 heterocycles. The summed E-state index contributed by atoms with van der Waals surface area (Å²) in [5.41, 5.74) is 5.92. The number of nitrogens with two attached hydrogens (primary N) is 1. The molecule has 1 unspecified atom stereocenters. The fraction of sp³-hybridized carbons (Fsp3) is 0.238. The molecule has 2 amide bonds. The highest BCUT2D eigenvalue weighted by Crippen LogP contribution is 2.40. The number of aryl methyl sites for hydroxylation is 1. The van der Waals surface area contributed by atoms with Gasteiger partial charge < -0.3 is 25.2 Å². The van der Waals surface area contributed by atoms with Crippen molar-refractivity contribution in [3.8, 4) is 0 Å². The number of carbonyl (C=O) groups is 3. The summed E-state index contributed by atoms with van der Waals surface area (Å²) in [7, 11) is -2.91. The molecule has 0 radical (unpaired) electrons. The first-order chi connectivity index (χ1) is 18.0. The molecule has 0 bridgehead atoms. The number of benzene rings is 1. The van der Waals surface area contributed by atoms with E-state index in [1.807, 2.05) is 0 Å². The van der Waals surface area contributed by atoms with Gasteiger partial charge in [-0.25, -0.2) is 4.79 Å². The van der Waals surface area contributed by atoms with Crippen molar-refractivity contribution in [2.75, 3.05) is 18.6 Å². The number of β-lactam (4-membered cyclic amide) rings is 1. The maximum atomic E-state index is 12.9. The molecule has 14 nitrogen and oxygen atoms in total. The highest BCUT2D eigenvalue weighted by molar-refractivity contribution is 8.00. The number of anilines is 1. The van der Waals surface area contributed by atoms with E-state index in [4.69, 9.17) is 9.92 Å². The number of carbonyl (C=O) groups excluding carboxylic acids is 2. The first-order valence-electron chi connectivity index (χ1n) is 10.6. The van der Waals surface area contributed by atoms with E-state index < -0.39 is 39.3 Å². The number of oxime groups is 1. The van der Waals surface area contributed by atoms with Crippen molar-refractivity contribution in [3.05, 3.63) is 59.3 Å². The number of carboxylic acids is 1. The topological polar surface area (TPSA) is 203 Å². The summed E-state index contributed by atoms with van der Waals surface area (Å²) in [5, 5.41) is 15.3. The van der Waals surface area contributed by atoms with E-state index in [9.17, 15) is 27.9 Å². The minimum absolute atomic E-state index is 0.0679. The van der Waals surface area contributed by atoms with Crippen molar-refractivity contribution in [3.63, 3.8) is 0 Å². The van der Waals surface area contributed by atoms with Crippen molar-refractivity contribution in [2.24, 2.45) is 5.16 Å². The number of thioether (sulfide) groups is 1. The lowest BCUT2D eigenvalue weighted by atomic mass is 10.0. The lowest BCUT2D eigenvalue weighted by Gasteiger charge is -2.49. The Balaban J connectivity index is 1.49. The Morgan fingerprint density at radius 3 is 2.63 bits per heavy atom. The standard InChI is InChI=1S/C21H20N6O8S3/c1-10-3-5-12(6-4-10)38(32,33)35-8-7-11-9-36-19-14(18(29)27(19)15(11)20(30)31)23-17(28)13(25-34-2)16-24-21(22)37-26-16/h3-8,14,19H,9H2,1-2H3,(H,23,28)(H,30,31)(H2,22,24,26)/b8-7+,25-13+/t14?,19-/m1/s1. The van der Waals surface area contributed by atoms with E-state index in [0.29, 0.717) is 0 Å². The van der Waals surface area contributed by atoms with Gasteiger partial charge in [0.15, 0.2) is 5.13 Å². The number of allylic oxidation sites excluding steroid dienone is 1. The van der Waals surface area contributed by atoms with Crippen LogP contribution in [0.15, 0.2) is 57.9 Å². The summed E-state index contributed by atoms with van der Waals surface area (Å²) in [5.74, 6) is -2.90. The van der Waals surface area contributed by atoms with E-state index in [-0.39, 0.29) is 38.6 Å². The second-order valence-electron chi connectivity index (χ2n) is 7.78. The largest absolute Gasteiger partial charge is 0.477 e. The summed E-state index contributed by atoms with van der Waals surface area (Å²) in [6.07, 6.45) is 2.04. The predicted octanol–water partition coefficient (Wildman–Crippen LogP) is 0.437. The molecule has 0 aliphatic carbocycles. The van der Waals surface area contributed by atoms with Gasteiger partial charge in [0.2, 0.25) is 11.5 Å². The van der Waals surface area contributed by atoms with Crippen LogP contribution in [0.4, 0.5) is 5.13 Å². The van der Waals surface area contributed by atoms with E-state index in [1.54, 1.807) is 19.1 Å². The maximum Gasteiger partial charge on any atom is 0.352 e. The summed E-state index contributed by atoms with van der Waals surface area (Å²) in [6, 6.07) is 4.93. The highest BCUT2D eigenvalue weighted by Gasteiger charge is 2.54. The highest BCUT2D eigenvalue weighted by atomic mass is 32.2. The van der Waals surface area contributed by atoms with Gasteiger partial charge in [-0.05, 0) is 30.7 Å². The molecule has 1 aromatic carbocycles. The zero-order valence-corrected chi connectivity index (χ0v) is 22.2. The number of aliphatic carboxylic acids is 1. The zero-order valence-electron chi connectivity index (χ0n) is 19.7. The average Bonchev–Trinajstić information content (AvgIpc) is 3.30. The van der Waals surface area contributed by atoms with Gasteiger partial charge in [0.1, 0.15) is 35.4 Å². The Kier molecular flexibility index (Phi) is 7.70. The lowest BCUT2D eigenvalue weighted by Crippen LogP contribution is -2.71. The number of amides is 2. The molecule has 2 aromatic rings. The van der Waals surface area contributed by atoms with Gasteiger partial charge in [0.05, 0.1) is 0 Å². The SMILES string of the molecule is CO/N=C(/C(=O)NC1C(=O)N2C(C(=O)O)=C(/C=C/OS(=O)(=O)c3ccc(C)cc3)CS[C@H]12)c1nsc(N)n1. The van der Waals surface area contributed by atoms with Gasteiger partial charge in [0.25, 0.3) is 11.8 Å². The van der Waals surface area contributed by atoms with E-state index in [1.165, 1.54) is 37.1 Å².